The van der Waals surface area contributed by atoms with Crippen LogP contribution in [0.2, 0.25) is 0 Å². The Balaban J connectivity index is 0.752. The van der Waals surface area contributed by atoms with Crippen molar-refractivity contribution in [2.75, 3.05) is 44.6 Å². The van der Waals surface area contributed by atoms with E-state index in [1.165, 1.54) is 5.56 Å². The molecule has 2 N–H and O–H groups in total. The number of imide groups is 2. The summed E-state index contributed by atoms with van der Waals surface area (Å²) in [5.41, 5.74) is 7.45. The Morgan fingerprint density at radius 2 is 1.58 bits per heavy atom. The summed E-state index contributed by atoms with van der Waals surface area (Å²) in [6.45, 7) is 11.3. The topological polar surface area (TPSA) is 177 Å². The number of fused-ring (bicyclic) bond motifs is 8. The van der Waals surface area contributed by atoms with Crippen molar-refractivity contribution in [1.82, 2.24) is 44.3 Å². The third kappa shape index (κ3) is 8.56. The number of nitrogens with one attached hydrogen (secondary N) is 2. The molecule has 3 saturated heterocycles. The lowest BCUT2D eigenvalue weighted by atomic mass is 9.87. The van der Waals surface area contributed by atoms with Crippen LogP contribution in [0.15, 0.2) is 54.7 Å². The SMILES string of the molecule is Cc1cc2cc(n1)-c1cnn(C)c1OCCC[C@@H](C)Cn1c(nc3ccc(CN4CCC(CN5CCC(c6ccc7c(c6)C(=O)N(C6CCC(=O)NC6=O)C7=O)CC5)CC4)cc31)NC2=O. The molecule has 16 nitrogen and oxygen atoms in total. The number of aryl methyl sites for hydroxylation is 2. The molecule has 8 heterocycles. The third-order valence-corrected chi connectivity index (χ3v) is 14.1. The van der Waals surface area contributed by atoms with Crippen LogP contribution in [-0.2, 0) is 29.7 Å². The summed E-state index contributed by atoms with van der Waals surface area (Å²) in [4.78, 5) is 80.6. The minimum absolute atomic E-state index is 0.101. The molecule has 0 saturated carbocycles. The lowest BCUT2D eigenvalue weighted by Crippen LogP contribution is -2.54. The number of hydrogen-bond acceptors (Lipinski definition) is 11. The summed E-state index contributed by atoms with van der Waals surface area (Å²) in [5.74, 6) is 0.268. The number of rotatable bonds is 6. The number of hydrogen-bond donors (Lipinski definition) is 2. The number of aromatic nitrogens is 5. The number of amides is 5. The molecular formula is C49H56N10O6. The quantitative estimate of drug-likeness (QED) is 0.200. The van der Waals surface area contributed by atoms with Gasteiger partial charge in [-0.1, -0.05) is 19.1 Å². The summed E-state index contributed by atoms with van der Waals surface area (Å²) in [6.07, 6.45) is 8.02. The van der Waals surface area contributed by atoms with Gasteiger partial charge in [-0.15, -0.1) is 0 Å². The highest BCUT2D eigenvalue weighted by atomic mass is 16.5. The molecule has 3 fully saturated rings. The van der Waals surface area contributed by atoms with Crippen LogP contribution in [0.25, 0.3) is 22.3 Å². The number of ether oxygens (including phenoxy) is 1. The molecule has 65 heavy (non-hydrogen) atoms. The van der Waals surface area contributed by atoms with Gasteiger partial charge in [-0.05, 0) is 143 Å². The highest BCUT2D eigenvalue weighted by molar-refractivity contribution is 6.23. The maximum absolute atomic E-state index is 13.9. The first-order valence-electron chi connectivity index (χ1n) is 23.2. The average molecular weight is 881 g/mol. The molecule has 5 amide bonds. The minimum Gasteiger partial charge on any atom is -0.477 e. The predicted molar refractivity (Wildman–Crippen MR) is 242 cm³/mol. The molecule has 5 aliphatic heterocycles. The molecular weight excluding hydrogens is 825 g/mol. The fraction of sp³-hybridized carbons (Fsp3) is 0.469. The molecule has 5 aliphatic rings. The number of nitrogens with zero attached hydrogens (tertiary/aromatic N) is 8. The molecule has 0 radical (unpaired) electrons. The lowest BCUT2D eigenvalue weighted by Gasteiger charge is -2.38. The zero-order valence-corrected chi connectivity index (χ0v) is 37.3. The van der Waals surface area contributed by atoms with E-state index >= 15 is 0 Å². The number of piperidine rings is 3. The molecule has 0 aliphatic carbocycles. The van der Waals surface area contributed by atoms with Crippen molar-refractivity contribution in [1.29, 1.82) is 0 Å². The van der Waals surface area contributed by atoms with Gasteiger partial charge in [-0.3, -0.25) is 49.4 Å². The monoisotopic (exact) mass is 880 g/mol. The molecule has 16 heteroatoms. The van der Waals surface area contributed by atoms with E-state index in [0.29, 0.717) is 65.1 Å². The summed E-state index contributed by atoms with van der Waals surface area (Å²) in [6, 6.07) is 14.7. The molecule has 5 aromatic rings. The van der Waals surface area contributed by atoms with E-state index in [2.05, 4.69) is 55.2 Å². The molecule has 2 atom stereocenters. The van der Waals surface area contributed by atoms with E-state index in [1.54, 1.807) is 29.1 Å². The number of likely N-dealkylation sites (tertiary alicyclic amines) is 2. The Morgan fingerprint density at radius 1 is 0.800 bits per heavy atom. The van der Waals surface area contributed by atoms with Crippen LogP contribution in [-0.4, -0.2) is 114 Å². The zero-order valence-electron chi connectivity index (χ0n) is 37.3. The standard InChI is InChI=1S/C49H56N10O6/c1-29-5-4-20-65-48-38(25-50-55(48)3)40-24-35(21-30(2)51-40)44(61)54-49-52-39-9-6-32(22-42(39)58(49)26-29)28-56-16-12-31(13-17-56)27-57-18-14-33(15-19-57)34-7-8-36-37(23-34)47(64)59(46(36)63)41-10-11-43(60)53-45(41)62/h6-9,21-25,29,31,33,41H,4-5,10-20,26-28H2,1-3H3,(H,52,54,61)(H,53,60,62)/t29-,41?/m1/s1. The Morgan fingerprint density at radius 3 is 2.38 bits per heavy atom. The second-order valence-corrected chi connectivity index (χ2v) is 18.8. The predicted octanol–water partition coefficient (Wildman–Crippen LogP) is 5.69. The van der Waals surface area contributed by atoms with Crippen LogP contribution in [0.3, 0.4) is 0 Å². The molecule has 1 unspecified atom stereocenters. The van der Waals surface area contributed by atoms with Crippen LogP contribution in [0, 0.1) is 18.8 Å². The lowest BCUT2D eigenvalue weighted by molar-refractivity contribution is -0.136. The summed E-state index contributed by atoms with van der Waals surface area (Å²) in [7, 11) is 1.85. The summed E-state index contributed by atoms with van der Waals surface area (Å²) >= 11 is 0. The van der Waals surface area contributed by atoms with Gasteiger partial charge >= 0.3 is 0 Å². The fourth-order valence-corrected chi connectivity index (χ4v) is 10.6. The zero-order chi connectivity index (χ0) is 44.9. The van der Waals surface area contributed by atoms with Gasteiger partial charge in [-0.2, -0.15) is 5.10 Å². The Labute approximate surface area is 377 Å². The van der Waals surface area contributed by atoms with Crippen LogP contribution >= 0.6 is 0 Å². The van der Waals surface area contributed by atoms with Crippen molar-refractivity contribution in [3.63, 3.8) is 0 Å². The highest BCUT2D eigenvalue weighted by Crippen LogP contribution is 2.35. The molecule has 10 rings (SSSR count). The van der Waals surface area contributed by atoms with Crippen molar-refractivity contribution in [3.05, 3.63) is 88.2 Å². The number of benzene rings is 2. The van der Waals surface area contributed by atoms with Gasteiger partial charge in [-0.25, -0.2) is 9.67 Å². The van der Waals surface area contributed by atoms with E-state index in [9.17, 15) is 24.0 Å². The Kier molecular flexibility index (Phi) is 11.6. The van der Waals surface area contributed by atoms with Crippen molar-refractivity contribution >= 4 is 46.5 Å². The summed E-state index contributed by atoms with van der Waals surface area (Å²) in [5, 5.41) is 9.84. The smallest absolute Gasteiger partial charge is 0.262 e. The molecule has 338 valence electrons. The average Bonchev–Trinajstić information content (AvgIpc) is 3.91. The highest BCUT2D eigenvalue weighted by Gasteiger charge is 2.45. The maximum atomic E-state index is 13.9. The summed E-state index contributed by atoms with van der Waals surface area (Å²) < 4.78 is 10.2. The number of imidazole rings is 1. The third-order valence-electron chi connectivity index (χ3n) is 14.1. The Bertz CT molecular complexity index is 2710. The van der Waals surface area contributed by atoms with Gasteiger partial charge < -0.3 is 14.2 Å². The fourth-order valence-electron chi connectivity index (χ4n) is 10.6. The molecule has 3 aromatic heterocycles. The van der Waals surface area contributed by atoms with Gasteiger partial charge in [0.1, 0.15) is 6.04 Å². The number of carbonyl (C=O) groups excluding carboxylic acids is 5. The van der Waals surface area contributed by atoms with Crippen molar-refractivity contribution in [2.24, 2.45) is 18.9 Å². The maximum Gasteiger partial charge on any atom is 0.262 e. The Hall–Kier alpha value is -6.26. The van der Waals surface area contributed by atoms with Crippen LogP contribution in [0.5, 0.6) is 5.88 Å². The van der Waals surface area contributed by atoms with E-state index in [1.807, 2.05) is 26.1 Å². The van der Waals surface area contributed by atoms with Gasteiger partial charge in [0.25, 0.3) is 17.7 Å². The van der Waals surface area contributed by atoms with Crippen LogP contribution in [0.4, 0.5) is 5.95 Å². The molecule has 2 aromatic carbocycles. The van der Waals surface area contributed by atoms with Crippen molar-refractivity contribution in [3.8, 4) is 17.1 Å². The van der Waals surface area contributed by atoms with Crippen LogP contribution in [0.1, 0.15) is 112 Å². The number of anilines is 1. The first-order valence-corrected chi connectivity index (χ1v) is 23.2. The number of pyridine rings is 1. The van der Waals surface area contributed by atoms with E-state index in [-0.39, 0.29) is 24.7 Å². The van der Waals surface area contributed by atoms with Crippen LogP contribution < -0.4 is 15.4 Å². The van der Waals surface area contributed by atoms with Gasteiger partial charge in [0, 0.05) is 44.4 Å². The van der Waals surface area contributed by atoms with Crippen molar-refractivity contribution in [2.45, 2.75) is 90.3 Å². The number of carbonyl (C=O) groups is 5. The van der Waals surface area contributed by atoms with Crippen molar-refractivity contribution < 1.29 is 28.7 Å². The molecule has 0 spiro atoms. The second-order valence-electron chi connectivity index (χ2n) is 18.8. The van der Waals surface area contributed by atoms with E-state index < -0.39 is 23.8 Å². The normalized spacial score (nSPS) is 21.9. The minimum atomic E-state index is -0.959. The largest absolute Gasteiger partial charge is 0.477 e. The van der Waals surface area contributed by atoms with Gasteiger partial charge in [0.05, 0.1) is 46.2 Å². The molecule has 2 bridgehead atoms. The second kappa shape index (κ2) is 17.6. The van der Waals surface area contributed by atoms with Gasteiger partial charge in [0.15, 0.2) is 0 Å². The van der Waals surface area contributed by atoms with E-state index in [0.717, 1.165) is 111 Å². The first-order chi connectivity index (χ1) is 31.4. The first kappa shape index (κ1) is 42.7. The van der Waals surface area contributed by atoms with E-state index in [4.69, 9.17) is 14.7 Å². The van der Waals surface area contributed by atoms with Gasteiger partial charge in [0.2, 0.25) is 23.6 Å².